The molecule has 0 saturated carbocycles. The molecule has 0 N–H and O–H groups in total. The average Bonchev–Trinajstić information content (AvgIpc) is 3.09. The van der Waals surface area contributed by atoms with E-state index in [0.29, 0.717) is 26.2 Å². The Morgan fingerprint density at radius 3 is 2.62 bits per heavy atom. The Bertz CT molecular complexity index is 1400. The third kappa shape index (κ3) is 4.24. The summed E-state index contributed by atoms with van der Waals surface area (Å²) in [6.45, 7) is 3.66. The zero-order chi connectivity index (χ0) is 22.7. The Kier molecular flexibility index (Phi) is 6.28. The molecule has 0 spiro atoms. The number of thiazole rings is 1. The van der Waals surface area contributed by atoms with Crippen molar-refractivity contribution in [3.05, 3.63) is 109 Å². The highest BCUT2D eigenvalue weighted by Gasteiger charge is 2.30. The Labute approximate surface area is 188 Å². The number of nitrogens with zero attached hydrogens (tertiary/aromatic N) is 2. The van der Waals surface area contributed by atoms with E-state index in [1.165, 1.54) is 16.7 Å². The first kappa shape index (κ1) is 21.6. The maximum atomic E-state index is 14.2. The number of halogens is 1. The quantitative estimate of drug-likeness (QED) is 0.561. The lowest BCUT2D eigenvalue weighted by Crippen LogP contribution is -2.38. The molecular formula is C25H21FN2O3S. The fraction of sp³-hybridized carbons (Fsp3) is 0.160. The first-order valence-electron chi connectivity index (χ1n) is 10.2. The minimum atomic E-state index is -0.687. The van der Waals surface area contributed by atoms with E-state index in [0.717, 1.165) is 16.9 Å². The third-order valence-electron chi connectivity index (χ3n) is 5.02. The van der Waals surface area contributed by atoms with Crippen LogP contribution in [0, 0.1) is 5.82 Å². The number of hydrogen-bond acceptors (Lipinski definition) is 5. The van der Waals surface area contributed by atoms with Crippen LogP contribution >= 0.6 is 11.3 Å². The second-order valence-electron chi connectivity index (χ2n) is 7.14. The molecule has 1 aliphatic rings. The maximum absolute atomic E-state index is 14.2. The number of aromatic nitrogens is 1. The van der Waals surface area contributed by atoms with Crippen LogP contribution in [-0.4, -0.2) is 17.1 Å². The van der Waals surface area contributed by atoms with E-state index < -0.39 is 17.8 Å². The number of rotatable bonds is 5. The standard InChI is InChI=1S/C25H21FN2O3S/c1-3-31-24(30)22-16(2)27-25-28(20(22)14-13-17-9-5-4-6-10-17)23(29)21(32-25)15-18-11-7-8-12-19(18)26/h4-15,20H,3H2,1-2H3/b14-13+,21-15+. The summed E-state index contributed by atoms with van der Waals surface area (Å²) in [5.41, 5.74) is 1.71. The molecule has 2 heterocycles. The van der Waals surface area contributed by atoms with Crippen molar-refractivity contribution in [2.75, 3.05) is 6.61 Å². The molecule has 4 rings (SSSR count). The van der Waals surface area contributed by atoms with Crippen molar-refractivity contribution < 1.29 is 13.9 Å². The molecule has 0 fully saturated rings. The fourth-order valence-corrected chi connectivity index (χ4v) is 4.56. The van der Waals surface area contributed by atoms with Gasteiger partial charge in [0.05, 0.1) is 28.5 Å². The smallest absolute Gasteiger partial charge is 0.338 e. The topological polar surface area (TPSA) is 60.7 Å². The minimum Gasteiger partial charge on any atom is -0.463 e. The van der Waals surface area contributed by atoms with Crippen LogP contribution in [0.4, 0.5) is 4.39 Å². The van der Waals surface area contributed by atoms with Crippen LogP contribution in [0.25, 0.3) is 12.2 Å². The SMILES string of the molecule is CCOC(=O)C1=C(C)N=c2s/c(=C/c3ccccc3F)c(=O)n2C1/C=C/c1ccccc1. The summed E-state index contributed by atoms with van der Waals surface area (Å²) < 4.78 is 21.2. The molecule has 0 bridgehead atoms. The first-order chi connectivity index (χ1) is 15.5. The Balaban J connectivity index is 1.89. The third-order valence-corrected chi connectivity index (χ3v) is 6.00. The van der Waals surface area contributed by atoms with Gasteiger partial charge in [-0.2, -0.15) is 0 Å². The van der Waals surface area contributed by atoms with E-state index in [1.54, 1.807) is 38.1 Å². The largest absolute Gasteiger partial charge is 0.463 e. The summed E-state index contributed by atoms with van der Waals surface area (Å²) in [6, 6.07) is 15.2. The molecule has 7 heteroatoms. The average molecular weight is 449 g/mol. The predicted molar refractivity (Wildman–Crippen MR) is 123 cm³/mol. The van der Waals surface area contributed by atoms with Crippen molar-refractivity contribution in [1.29, 1.82) is 0 Å². The summed E-state index contributed by atoms with van der Waals surface area (Å²) in [4.78, 5) is 31.0. The number of carbonyl (C=O) groups excluding carboxylic acids is 1. The van der Waals surface area contributed by atoms with Gasteiger partial charge in [-0.25, -0.2) is 14.2 Å². The maximum Gasteiger partial charge on any atom is 0.338 e. The van der Waals surface area contributed by atoms with Gasteiger partial charge >= 0.3 is 5.97 Å². The van der Waals surface area contributed by atoms with Crippen LogP contribution in [0.1, 0.15) is 31.0 Å². The number of allylic oxidation sites excluding steroid dienone is 2. The normalized spacial score (nSPS) is 16.2. The molecule has 1 atom stereocenters. The van der Waals surface area contributed by atoms with E-state index in [1.807, 2.05) is 36.4 Å². The van der Waals surface area contributed by atoms with Gasteiger partial charge in [0.15, 0.2) is 4.80 Å². The van der Waals surface area contributed by atoms with Gasteiger partial charge < -0.3 is 4.74 Å². The highest BCUT2D eigenvalue weighted by molar-refractivity contribution is 7.07. The number of benzene rings is 2. The van der Waals surface area contributed by atoms with Gasteiger partial charge in [-0.05, 0) is 31.6 Å². The van der Waals surface area contributed by atoms with E-state index in [4.69, 9.17) is 4.74 Å². The van der Waals surface area contributed by atoms with Crippen LogP contribution in [0.15, 0.2) is 81.7 Å². The Morgan fingerprint density at radius 1 is 1.19 bits per heavy atom. The highest BCUT2D eigenvalue weighted by Crippen LogP contribution is 2.26. The van der Waals surface area contributed by atoms with Gasteiger partial charge in [0.1, 0.15) is 5.82 Å². The molecule has 1 aromatic heterocycles. The molecule has 0 radical (unpaired) electrons. The van der Waals surface area contributed by atoms with E-state index in [9.17, 15) is 14.0 Å². The van der Waals surface area contributed by atoms with Gasteiger partial charge in [-0.1, -0.05) is 72.0 Å². The summed E-state index contributed by atoms with van der Waals surface area (Å²) in [7, 11) is 0. The number of ether oxygens (including phenoxy) is 1. The fourth-order valence-electron chi connectivity index (χ4n) is 3.52. The molecule has 5 nitrogen and oxygen atoms in total. The molecule has 2 aromatic carbocycles. The zero-order valence-electron chi connectivity index (χ0n) is 17.6. The molecule has 0 aliphatic carbocycles. The number of fused-ring (bicyclic) bond motifs is 1. The Morgan fingerprint density at radius 2 is 1.91 bits per heavy atom. The van der Waals surface area contributed by atoms with Crippen molar-refractivity contribution >= 4 is 29.5 Å². The van der Waals surface area contributed by atoms with E-state index in [2.05, 4.69) is 4.99 Å². The van der Waals surface area contributed by atoms with Crippen LogP contribution in [0.5, 0.6) is 0 Å². The Hall–Kier alpha value is -3.58. The summed E-state index contributed by atoms with van der Waals surface area (Å²) in [6.07, 6.45) is 5.17. The molecule has 1 unspecified atom stereocenters. The van der Waals surface area contributed by atoms with Crippen LogP contribution < -0.4 is 14.9 Å². The van der Waals surface area contributed by atoms with Gasteiger partial charge in [-0.15, -0.1) is 0 Å². The van der Waals surface area contributed by atoms with Crippen molar-refractivity contribution in [1.82, 2.24) is 4.57 Å². The van der Waals surface area contributed by atoms with Crippen molar-refractivity contribution in [3.8, 4) is 0 Å². The first-order valence-corrected chi connectivity index (χ1v) is 11.0. The van der Waals surface area contributed by atoms with Gasteiger partial charge in [0, 0.05) is 5.56 Å². The summed E-state index contributed by atoms with van der Waals surface area (Å²) in [5, 5.41) is 0. The lowest BCUT2D eigenvalue weighted by molar-refractivity contribution is -0.139. The molecule has 1 aliphatic heterocycles. The molecule has 3 aromatic rings. The van der Waals surface area contributed by atoms with Gasteiger partial charge in [0.25, 0.3) is 5.56 Å². The lowest BCUT2D eigenvalue weighted by atomic mass is 10.0. The number of esters is 1. The lowest BCUT2D eigenvalue weighted by Gasteiger charge is -2.21. The van der Waals surface area contributed by atoms with Crippen LogP contribution in [0.3, 0.4) is 0 Å². The molecular weight excluding hydrogens is 427 g/mol. The van der Waals surface area contributed by atoms with E-state index >= 15 is 0 Å². The van der Waals surface area contributed by atoms with Crippen LogP contribution in [0.2, 0.25) is 0 Å². The molecule has 162 valence electrons. The summed E-state index contributed by atoms with van der Waals surface area (Å²) in [5.74, 6) is -0.929. The van der Waals surface area contributed by atoms with Crippen molar-refractivity contribution in [2.24, 2.45) is 4.99 Å². The second kappa shape index (κ2) is 9.28. The molecule has 32 heavy (non-hydrogen) atoms. The van der Waals surface area contributed by atoms with Crippen LogP contribution in [-0.2, 0) is 9.53 Å². The second-order valence-corrected chi connectivity index (χ2v) is 8.14. The van der Waals surface area contributed by atoms with Crippen molar-refractivity contribution in [3.63, 3.8) is 0 Å². The minimum absolute atomic E-state index is 0.211. The summed E-state index contributed by atoms with van der Waals surface area (Å²) >= 11 is 1.16. The van der Waals surface area contributed by atoms with Gasteiger partial charge in [-0.3, -0.25) is 9.36 Å². The molecule has 0 saturated heterocycles. The number of carbonyl (C=O) groups is 1. The van der Waals surface area contributed by atoms with E-state index in [-0.39, 0.29) is 12.2 Å². The zero-order valence-corrected chi connectivity index (χ0v) is 18.4. The monoisotopic (exact) mass is 448 g/mol. The highest BCUT2D eigenvalue weighted by atomic mass is 32.1. The number of hydrogen-bond donors (Lipinski definition) is 0. The van der Waals surface area contributed by atoms with Crippen molar-refractivity contribution in [2.45, 2.75) is 19.9 Å². The predicted octanol–water partition coefficient (Wildman–Crippen LogP) is 3.60. The molecule has 0 amide bonds. The van der Waals surface area contributed by atoms with Gasteiger partial charge in [0.2, 0.25) is 0 Å².